The highest BCUT2D eigenvalue weighted by Crippen LogP contribution is 2.24. The van der Waals surface area contributed by atoms with Gasteiger partial charge in [0.2, 0.25) is 0 Å². The van der Waals surface area contributed by atoms with Gasteiger partial charge >= 0.3 is 0 Å². The van der Waals surface area contributed by atoms with Crippen molar-refractivity contribution in [2.45, 2.75) is 57.3 Å². The van der Waals surface area contributed by atoms with Gasteiger partial charge in [0.05, 0.1) is 12.2 Å². The van der Waals surface area contributed by atoms with Crippen molar-refractivity contribution >= 4 is 0 Å². The number of aliphatic hydroxyl groups excluding tert-OH is 1. The molecular formula is C12H25NO2. The van der Waals surface area contributed by atoms with Crippen LogP contribution in [0, 0.1) is 0 Å². The van der Waals surface area contributed by atoms with Gasteiger partial charge in [-0.3, -0.25) is 0 Å². The molecule has 3 unspecified atom stereocenters. The summed E-state index contributed by atoms with van der Waals surface area (Å²) in [5.74, 6) is 0. The summed E-state index contributed by atoms with van der Waals surface area (Å²) in [7, 11) is 3.97. The SMILES string of the molecule is COC1CCCC(N(C)CCC(C)O)C1. The Balaban J connectivity index is 2.28. The molecule has 0 aromatic rings. The lowest BCUT2D eigenvalue weighted by Gasteiger charge is -2.35. The number of ether oxygens (including phenoxy) is 1. The summed E-state index contributed by atoms with van der Waals surface area (Å²) < 4.78 is 5.42. The fraction of sp³-hybridized carbons (Fsp3) is 1.00. The topological polar surface area (TPSA) is 32.7 Å². The molecule has 3 heteroatoms. The molecule has 90 valence electrons. The molecule has 0 spiro atoms. The average Bonchev–Trinajstić information content (AvgIpc) is 2.26. The normalized spacial score (nSPS) is 29.4. The maximum absolute atomic E-state index is 9.25. The zero-order chi connectivity index (χ0) is 11.3. The van der Waals surface area contributed by atoms with E-state index in [0.29, 0.717) is 12.1 Å². The summed E-state index contributed by atoms with van der Waals surface area (Å²) in [5.41, 5.74) is 0. The van der Waals surface area contributed by atoms with Gasteiger partial charge in [-0.25, -0.2) is 0 Å². The summed E-state index contributed by atoms with van der Waals surface area (Å²) in [6.07, 6.45) is 6.01. The third-order valence-electron chi connectivity index (χ3n) is 3.45. The molecule has 1 saturated carbocycles. The van der Waals surface area contributed by atoms with Crippen LogP contribution in [0.3, 0.4) is 0 Å². The summed E-state index contributed by atoms with van der Waals surface area (Å²) in [4.78, 5) is 2.37. The predicted molar refractivity (Wildman–Crippen MR) is 62.0 cm³/mol. The molecule has 1 fully saturated rings. The first-order valence-electron chi connectivity index (χ1n) is 6.04. The minimum atomic E-state index is -0.186. The highest BCUT2D eigenvalue weighted by Gasteiger charge is 2.24. The maximum Gasteiger partial charge on any atom is 0.0586 e. The van der Waals surface area contributed by atoms with Crippen LogP contribution >= 0.6 is 0 Å². The fourth-order valence-electron chi connectivity index (χ4n) is 2.31. The molecule has 0 aliphatic heterocycles. The minimum absolute atomic E-state index is 0.186. The summed E-state index contributed by atoms with van der Waals surface area (Å²) in [6, 6.07) is 0.641. The Hall–Kier alpha value is -0.120. The molecule has 0 radical (unpaired) electrons. The van der Waals surface area contributed by atoms with Crippen LogP contribution in [-0.4, -0.2) is 49.0 Å². The minimum Gasteiger partial charge on any atom is -0.393 e. The Bertz CT molecular complexity index is 173. The van der Waals surface area contributed by atoms with Crippen LogP contribution in [0.5, 0.6) is 0 Å². The van der Waals surface area contributed by atoms with Gasteiger partial charge in [0, 0.05) is 19.7 Å². The largest absolute Gasteiger partial charge is 0.393 e. The van der Waals surface area contributed by atoms with E-state index in [1.54, 1.807) is 0 Å². The second-order valence-corrected chi connectivity index (χ2v) is 4.80. The molecule has 0 amide bonds. The monoisotopic (exact) mass is 215 g/mol. The van der Waals surface area contributed by atoms with Crippen molar-refractivity contribution in [2.75, 3.05) is 20.7 Å². The molecule has 15 heavy (non-hydrogen) atoms. The molecule has 3 nitrogen and oxygen atoms in total. The quantitative estimate of drug-likeness (QED) is 0.757. The molecule has 1 rings (SSSR count). The third kappa shape index (κ3) is 4.49. The summed E-state index contributed by atoms with van der Waals surface area (Å²) in [5, 5.41) is 9.25. The Morgan fingerprint density at radius 3 is 2.80 bits per heavy atom. The van der Waals surface area contributed by atoms with Crippen molar-refractivity contribution in [1.82, 2.24) is 4.90 Å². The van der Waals surface area contributed by atoms with Crippen LogP contribution in [0.15, 0.2) is 0 Å². The summed E-state index contributed by atoms with van der Waals surface area (Å²) in [6.45, 7) is 2.84. The van der Waals surface area contributed by atoms with Crippen molar-refractivity contribution in [3.05, 3.63) is 0 Å². The van der Waals surface area contributed by atoms with Gasteiger partial charge in [0.1, 0.15) is 0 Å². The van der Waals surface area contributed by atoms with Crippen molar-refractivity contribution in [2.24, 2.45) is 0 Å². The van der Waals surface area contributed by atoms with E-state index in [4.69, 9.17) is 4.74 Å². The van der Waals surface area contributed by atoms with Crippen LogP contribution in [0.25, 0.3) is 0 Å². The molecule has 0 aromatic carbocycles. The van der Waals surface area contributed by atoms with Crippen LogP contribution < -0.4 is 0 Å². The number of nitrogens with zero attached hydrogens (tertiary/aromatic N) is 1. The van der Waals surface area contributed by atoms with Crippen molar-refractivity contribution in [3.63, 3.8) is 0 Å². The molecule has 3 atom stereocenters. The fourth-order valence-corrected chi connectivity index (χ4v) is 2.31. The standard InChI is InChI=1S/C12H25NO2/c1-10(14)7-8-13(2)11-5-4-6-12(9-11)15-3/h10-12,14H,4-9H2,1-3H3. The maximum atomic E-state index is 9.25. The molecule has 0 bridgehead atoms. The van der Waals surface area contributed by atoms with E-state index >= 15 is 0 Å². The van der Waals surface area contributed by atoms with Gasteiger partial charge in [-0.2, -0.15) is 0 Å². The van der Waals surface area contributed by atoms with Crippen LogP contribution in [0.4, 0.5) is 0 Å². The van der Waals surface area contributed by atoms with Gasteiger partial charge in [0.25, 0.3) is 0 Å². The molecule has 0 heterocycles. The molecule has 1 N–H and O–H groups in total. The third-order valence-corrected chi connectivity index (χ3v) is 3.45. The smallest absolute Gasteiger partial charge is 0.0586 e. The zero-order valence-electron chi connectivity index (χ0n) is 10.3. The summed E-state index contributed by atoms with van der Waals surface area (Å²) >= 11 is 0. The van der Waals surface area contributed by atoms with Gasteiger partial charge in [0.15, 0.2) is 0 Å². The first-order valence-corrected chi connectivity index (χ1v) is 6.04. The van der Waals surface area contributed by atoms with Crippen molar-refractivity contribution in [3.8, 4) is 0 Å². The number of hydrogen-bond acceptors (Lipinski definition) is 3. The molecular weight excluding hydrogens is 190 g/mol. The van der Waals surface area contributed by atoms with Gasteiger partial charge in [-0.05, 0) is 46.1 Å². The van der Waals surface area contributed by atoms with Gasteiger partial charge in [-0.1, -0.05) is 0 Å². The van der Waals surface area contributed by atoms with E-state index in [0.717, 1.165) is 19.4 Å². The van der Waals surface area contributed by atoms with E-state index in [9.17, 15) is 5.11 Å². The van der Waals surface area contributed by atoms with Gasteiger partial charge in [-0.15, -0.1) is 0 Å². The number of aliphatic hydroxyl groups is 1. The van der Waals surface area contributed by atoms with Crippen LogP contribution in [-0.2, 0) is 4.74 Å². The lowest BCUT2D eigenvalue weighted by molar-refractivity contribution is 0.0315. The van der Waals surface area contributed by atoms with E-state index in [2.05, 4.69) is 11.9 Å². The Morgan fingerprint density at radius 1 is 1.47 bits per heavy atom. The number of hydrogen-bond donors (Lipinski definition) is 1. The predicted octanol–water partition coefficient (Wildman–Crippen LogP) is 1.65. The van der Waals surface area contributed by atoms with E-state index in [1.807, 2.05) is 14.0 Å². The molecule has 1 aliphatic carbocycles. The molecule has 1 aliphatic rings. The lowest BCUT2D eigenvalue weighted by atomic mass is 9.92. The van der Waals surface area contributed by atoms with Crippen molar-refractivity contribution < 1.29 is 9.84 Å². The van der Waals surface area contributed by atoms with Crippen molar-refractivity contribution in [1.29, 1.82) is 0 Å². The Kier molecular flexibility index (Phi) is 5.58. The lowest BCUT2D eigenvalue weighted by Crippen LogP contribution is -2.39. The number of rotatable bonds is 5. The van der Waals surface area contributed by atoms with Crippen LogP contribution in [0.1, 0.15) is 39.0 Å². The Morgan fingerprint density at radius 2 is 2.20 bits per heavy atom. The van der Waals surface area contributed by atoms with E-state index < -0.39 is 0 Å². The van der Waals surface area contributed by atoms with Gasteiger partial charge < -0.3 is 14.7 Å². The first-order chi connectivity index (χ1) is 7.13. The molecule has 0 aromatic heterocycles. The highest BCUT2D eigenvalue weighted by atomic mass is 16.5. The van der Waals surface area contributed by atoms with Crippen LogP contribution in [0.2, 0.25) is 0 Å². The average molecular weight is 215 g/mol. The molecule has 0 saturated heterocycles. The Labute approximate surface area is 93.4 Å². The highest BCUT2D eigenvalue weighted by molar-refractivity contribution is 4.79. The second-order valence-electron chi connectivity index (χ2n) is 4.80. The zero-order valence-corrected chi connectivity index (χ0v) is 10.3. The van der Waals surface area contributed by atoms with E-state index in [-0.39, 0.29) is 6.10 Å². The number of methoxy groups -OCH3 is 1. The van der Waals surface area contributed by atoms with E-state index in [1.165, 1.54) is 19.3 Å². The first kappa shape index (κ1) is 12.9. The second kappa shape index (κ2) is 6.46.